The Bertz CT molecular complexity index is 921. The number of esters is 1. The van der Waals surface area contributed by atoms with Crippen LogP contribution in [0.1, 0.15) is 25.0 Å². The zero-order chi connectivity index (χ0) is 21.6. The number of rotatable bonds is 7. The third-order valence-corrected chi connectivity index (χ3v) is 3.86. The lowest BCUT2D eigenvalue weighted by molar-refractivity contribution is -0.151. The minimum Gasteiger partial charge on any atom is -0.504 e. The molecule has 0 spiro atoms. The number of nitrogens with one attached hydrogen (secondary N) is 1. The van der Waals surface area contributed by atoms with Crippen molar-refractivity contribution in [3.8, 4) is 23.0 Å². The average molecular weight is 401 g/mol. The zero-order valence-corrected chi connectivity index (χ0v) is 16.0. The van der Waals surface area contributed by atoms with Gasteiger partial charge < -0.3 is 30.5 Å². The summed E-state index contributed by atoms with van der Waals surface area (Å²) in [5, 5.41) is 40.4. The number of amides is 1. The van der Waals surface area contributed by atoms with E-state index in [9.17, 15) is 30.0 Å². The molecular weight excluding hydrogens is 378 g/mol. The SMILES string of the molecule is CC(C)OC(=O)C(Cc1ccc(O)c(O)c1)NC(=O)/C=C/c1ccc(O)c(O)c1. The van der Waals surface area contributed by atoms with Crippen LogP contribution in [0.2, 0.25) is 0 Å². The van der Waals surface area contributed by atoms with Gasteiger partial charge >= 0.3 is 5.97 Å². The summed E-state index contributed by atoms with van der Waals surface area (Å²) in [6, 6.07) is 7.15. The molecular formula is C21H23NO7. The van der Waals surface area contributed by atoms with Gasteiger partial charge in [0, 0.05) is 12.5 Å². The van der Waals surface area contributed by atoms with Crippen molar-refractivity contribution >= 4 is 18.0 Å². The van der Waals surface area contributed by atoms with Crippen molar-refractivity contribution < 1.29 is 34.8 Å². The van der Waals surface area contributed by atoms with E-state index in [-0.39, 0.29) is 35.5 Å². The number of phenolic OH excluding ortho intramolecular Hbond substituents is 4. The molecule has 0 bridgehead atoms. The topological polar surface area (TPSA) is 136 Å². The Hall–Kier alpha value is -3.68. The van der Waals surface area contributed by atoms with E-state index in [4.69, 9.17) is 4.74 Å². The van der Waals surface area contributed by atoms with Crippen LogP contribution in [0.3, 0.4) is 0 Å². The molecule has 0 aliphatic heterocycles. The van der Waals surface area contributed by atoms with E-state index in [1.54, 1.807) is 13.8 Å². The van der Waals surface area contributed by atoms with Gasteiger partial charge in [-0.1, -0.05) is 12.1 Å². The smallest absolute Gasteiger partial charge is 0.329 e. The standard InChI is InChI=1S/C21H23NO7/c1-12(2)29-21(28)15(9-14-4-7-17(24)19(26)11-14)22-20(27)8-5-13-3-6-16(23)18(25)10-13/h3-8,10-12,15,23-26H,9H2,1-2H3,(H,22,27)/b8-5+. The minimum atomic E-state index is -1.02. The minimum absolute atomic E-state index is 0.0406. The van der Waals surface area contributed by atoms with E-state index >= 15 is 0 Å². The molecule has 1 amide bonds. The molecule has 0 aliphatic carbocycles. The van der Waals surface area contributed by atoms with E-state index in [2.05, 4.69) is 5.32 Å². The maximum atomic E-state index is 12.4. The van der Waals surface area contributed by atoms with Crippen LogP contribution in [-0.4, -0.2) is 44.4 Å². The molecule has 154 valence electrons. The number of phenols is 4. The molecule has 0 aromatic heterocycles. The third-order valence-electron chi connectivity index (χ3n) is 3.86. The highest BCUT2D eigenvalue weighted by Gasteiger charge is 2.23. The van der Waals surface area contributed by atoms with Crippen LogP contribution in [0.5, 0.6) is 23.0 Å². The van der Waals surface area contributed by atoms with Crippen LogP contribution in [0.4, 0.5) is 0 Å². The summed E-state index contributed by atoms with van der Waals surface area (Å²) in [6.07, 6.45) is 2.24. The van der Waals surface area contributed by atoms with Crippen molar-refractivity contribution in [2.45, 2.75) is 32.4 Å². The van der Waals surface area contributed by atoms with Crippen LogP contribution in [0.15, 0.2) is 42.5 Å². The maximum absolute atomic E-state index is 12.4. The molecule has 1 atom stereocenters. The predicted molar refractivity (Wildman–Crippen MR) is 105 cm³/mol. The van der Waals surface area contributed by atoms with Crippen LogP contribution in [-0.2, 0) is 20.7 Å². The summed E-state index contributed by atoms with van der Waals surface area (Å²) in [7, 11) is 0. The number of aromatic hydroxyl groups is 4. The van der Waals surface area contributed by atoms with Crippen LogP contribution in [0.25, 0.3) is 6.08 Å². The van der Waals surface area contributed by atoms with Gasteiger partial charge in [-0.05, 0) is 55.3 Å². The Labute approximate surface area is 167 Å². The number of hydrogen-bond acceptors (Lipinski definition) is 7. The van der Waals surface area contributed by atoms with Gasteiger partial charge in [-0.15, -0.1) is 0 Å². The highest BCUT2D eigenvalue weighted by Crippen LogP contribution is 2.26. The lowest BCUT2D eigenvalue weighted by atomic mass is 10.0. The van der Waals surface area contributed by atoms with Crippen molar-refractivity contribution in [1.82, 2.24) is 5.32 Å². The van der Waals surface area contributed by atoms with E-state index in [1.807, 2.05) is 0 Å². The first-order chi connectivity index (χ1) is 13.7. The molecule has 5 N–H and O–H groups in total. The van der Waals surface area contributed by atoms with Crippen molar-refractivity contribution in [3.05, 3.63) is 53.6 Å². The molecule has 0 fully saturated rings. The highest BCUT2D eigenvalue weighted by molar-refractivity contribution is 5.94. The van der Waals surface area contributed by atoms with Gasteiger partial charge in [0.15, 0.2) is 23.0 Å². The fourth-order valence-corrected chi connectivity index (χ4v) is 2.48. The molecule has 0 saturated heterocycles. The Morgan fingerprint density at radius 3 is 2.17 bits per heavy atom. The molecule has 8 nitrogen and oxygen atoms in total. The molecule has 0 aliphatic rings. The van der Waals surface area contributed by atoms with Crippen LogP contribution in [0, 0.1) is 0 Å². The molecule has 2 rings (SSSR count). The first-order valence-electron chi connectivity index (χ1n) is 8.87. The number of carbonyl (C=O) groups is 2. The van der Waals surface area contributed by atoms with Gasteiger partial charge in [0.25, 0.3) is 0 Å². The van der Waals surface area contributed by atoms with Crippen LogP contribution >= 0.6 is 0 Å². The molecule has 0 saturated carbocycles. The second kappa shape index (κ2) is 9.50. The quantitative estimate of drug-likeness (QED) is 0.272. The van der Waals surface area contributed by atoms with Crippen molar-refractivity contribution in [2.24, 2.45) is 0 Å². The maximum Gasteiger partial charge on any atom is 0.329 e. The summed E-state index contributed by atoms with van der Waals surface area (Å²) in [6.45, 7) is 3.36. The number of carbonyl (C=O) groups excluding carboxylic acids is 2. The number of ether oxygens (including phenoxy) is 1. The summed E-state index contributed by atoms with van der Waals surface area (Å²) in [5.41, 5.74) is 0.985. The number of benzene rings is 2. The first-order valence-corrected chi connectivity index (χ1v) is 8.87. The van der Waals surface area contributed by atoms with Crippen molar-refractivity contribution in [2.75, 3.05) is 0 Å². The second-order valence-corrected chi connectivity index (χ2v) is 6.66. The highest BCUT2D eigenvalue weighted by atomic mass is 16.5. The molecule has 2 aromatic rings. The molecule has 2 aromatic carbocycles. The third kappa shape index (κ3) is 6.46. The van der Waals surface area contributed by atoms with Gasteiger partial charge in [0.1, 0.15) is 6.04 Å². The monoisotopic (exact) mass is 401 g/mol. The van der Waals surface area contributed by atoms with E-state index in [0.717, 1.165) is 0 Å². The number of hydrogen-bond donors (Lipinski definition) is 5. The Morgan fingerprint density at radius 1 is 0.966 bits per heavy atom. The Balaban J connectivity index is 2.13. The Kier molecular flexibility index (Phi) is 7.08. The molecule has 1 unspecified atom stereocenters. The predicted octanol–water partition coefficient (Wildman–Crippen LogP) is 2.20. The summed E-state index contributed by atoms with van der Waals surface area (Å²) >= 11 is 0. The Morgan fingerprint density at radius 2 is 1.59 bits per heavy atom. The molecule has 8 heteroatoms. The summed E-state index contributed by atoms with van der Waals surface area (Å²) < 4.78 is 5.18. The van der Waals surface area contributed by atoms with Gasteiger partial charge in [-0.3, -0.25) is 4.79 Å². The van der Waals surface area contributed by atoms with E-state index in [0.29, 0.717) is 11.1 Å². The fraction of sp³-hybridized carbons (Fsp3) is 0.238. The van der Waals surface area contributed by atoms with Gasteiger partial charge in [0.2, 0.25) is 5.91 Å². The lowest BCUT2D eigenvalue weighted by Gasteiger charge is -2.19. The zero-order valence-electron chi connectivity index (χ0n) is 16.0. The van der Waals surface area contributed by atoms with E-state index in [1.165, 1.54) is 48.6 Å². The van der Waals surface area contributed by atoms with Crippen molar-refractivity contribution in [3.63, 3.8) is 0 Å². The average Bonchev–Trinajstić information content (AvgIpc) is 2.64. The van der Waals surface area contributed by atoms with E-state index < -0.39 is 17.9 Å². The molecule has 29 heavy (non-hydrogen) atoms. The molecule has 0 radical (unpaired) electrons. The molecule has 0 heterocycles. The summed E-state index contributed by atoms with van der Waals surface area (Å²) in [4.78, 5) is 24.6. The van der Waals surface area contributed by atoms with Crippen molar-refractivity contribution in [1.29, 1.82) is 0 Å². The van der Waals surface area contributed by atoms with Gasteiger partial charge in [0.05, 0.1) is 6.10 Å². The lowest BCUT2D eigenvalue weighted by Crippen LogP contribution is -2.43. The first kappa shape index (κ1) is 21.6. The second-order valence-electron chi connectivity index (χ2n) is 6.66. The largest absolute Gasteiger partial charge is 0.504 e. The normalized spacial score (nSPS) is 12.1. The van der Waals surface area contributed by atoms with Gasteiger partial charge in [-0.2, -0.15) is 0 Å². The van der Waals surface area contributed by atoms with Crippen LogP contribution < -0.4 is 5.32 Å². The van der Waals surface area contributed by atoms with Gasteiger partial charge in [-0.25, -0.2) is 4.79 Å². The summed E-state index contributed by atoms with van der Waals surface area (Å²) in [5.74, 6) is -2.45. The fourth-order valence-electron chi connectivity index (χ4n) is 2.48.